The summed E-state index contributed by atoms with van der Waals surface area (Å²) in [6.07, 6.45) is 9.20. The fourth-order valence-corrected chi connectivity index (χ4v) is 4.34. The second-order valence-electron chi connectivity index (χ2n) is 7.96. The average molecular weight is 431 g/mol. The summed E-state index contributed by atoms with van der Waals surface area (Å²) in [6, 6.07) is 27.7. The maximum atomic E-state index is 8.98. The van der Waals surface area contributed by atoms with E-state index in [2.05, 4.69) is 66.7 Å². The molecule has 0 aromatic heterocycles. The maximum Gasteiger partial charge on any atom is 0.118 e. The zero-order valence-electron chi connectivity index (χ0n) is 19.2. The van der Waals surface area contributed by atoms with Gasteiger partial charge in [-0.15, -0.1) is 0 Å². The van der Waals surface area contributed by atoms with Gasteiger partial charge in [-0.2, -0.15) is 0 Å². The van der Waals surface area contributed by atoms with Crippen molar-refractivity contribution in [2.45, 2.75) is 37.5 Å². The first kappa shape index (κ1) is 23.6. The highest BCUT2D eigenvalue weighted by Crippen LogP contribution is 2.44. The van der Waals surface area contributed by atoms with Gasteiger partial charge in [0.05, 0.1) is 14.2 Å². The number of hydrogen-bond acceptors (Lipinski definition) is 3. The Balaban J connectivity index is 2.03. The Kier molecular flexibility index (Phi) is 8.94. The first-order valence-electron chi connectivity index (χ1n) is 11.3. The van der Waals surface area contributed by atoms with Crippen molar-refractivity contribution >= 4 is 0 Å². The number of aliphatic hydroxyl groups is 1. The van der Waals surface area contributed by atoms with Crippen molar-refractivity contribution in [3.05, 3.63) is 108 Å². The summed E-state index contributed by atoms with van der Waals surface area (Å²) < 4.78 is 10.9. The Labute approximate surface area is 192 Å². The molecule has 0 saturated heterocycles. The highest BCUT2D eigenvalue weighted by molar-refractivity contribution is 5.52. The third kappa shape index (κ3) is 5.60. The van der Waals surface area contributed by atoms with Gasteiger partial charge >= 0.3 is 0 Å². The molecule has 0 unspecified atom stereocenters. The molecule has 3 aromatic carbocycles. The molecule has 3 nitrogen and oxygen atoms in total. The zero-order valence-corrected chi connectivity index (χ0v) is 19.2. The van der Waals surface area contributed by atoms with Gasteiger partial charge in [0.2, 0.25) is 0 Å². The van der Waals surface area contributed by atoms with Crippen LogP contribution in [-0.2, 0) is 5.41 Å². The van der Waals surface area contributed by atoms with Crippen LogP contribution in [0.4, 0.5) is 0 Å². The summed E-state index contributed by atoms with van der Waals surface area (Å²) >= 11 is 0. The van der Waals surface area contributed by atoms with Gasteiger partial charge in [0.15, 0.2) is 0 Å². The molecule has 3 heteroatoms. The molecule has 3 aromatic rings. The SMILES string of the molecule is COc1ccc(C(CCC/C=C/CCCO)(c2ccccc2)c2ccc(OC)cc2)cc1. The predicted molar refractivity (Wildman–Crippen MR) is 132 cm³/mol. The summed E-state index contributed by atoms with van der Waals surface area (Å²) in [5, 5.41) is 8.98. The van der Waals surface area contributed by atoms with Crippen molar-refractivity contribution in [2.75, 3.05) is 20.8 Å². The van der Waals surface area contributed by atoms with Gasteiger partial charge in [-0.1, -0.05) is 66.7 Å². The number of hydrogen-bond donors (Lipinski definition) is 1. The van der Waals surface area contributed by atoms with E-state index in [9.17, 15) is 0 Å². The number of ether oxygens (including phenoxy) is 2. The van der Waals surface area contributed by atoms with E-state index >= 15 is 0 Å². The van der Waals surface area contributed by atoms with E-state index in [4.69, 9.17) is 14.6 Å². The molecule has 0 aliphatic rings. The maximum absolute atomic E-state index is 8.98. The Morgan fingerprint density at radius 2 is 1.12 bits per heavy atom. The second kappa shape index (κ2) is 12.1. The molecule has 0 amide bonds. The van der Waals surface area contributed by atoms with E-state index in [0.717, 1.165) is 43.6 Å². The van der Waals surface area contributed by atoms with Crippen LogP contribution in [0.15, 0.2) is 91.0 Å². The number of unbranched alkanes of at least 4 members (excludes halogenated alkanes) is 2. The highest BCUT2D eigenvalue weighted by Gasteiger charge is 2.35. The molecular weight excluding hydrogens is 396 g/mol. The van der Waals surface area contributed by atoms with Crippen molar-refractivity contribution < 1.29 is 14.6 Å². The summed E-state index contributed by atoms with van der Waals surface area (Å²) in [7, 11) is 3.40. The van der Waals surface area contributed by atoms with Gasteiger partial charge in [0.25, 0.3) is 0 Å². The quantitative estimate of drug-likeness (QED) is 0.201. The van der Waals surface area contributed by atoms with Crippen LogP contribution < -0.4 is 9.47 Å². The second-order valence-corrected chi connectivity index (χ2v) is 7.96. The Morgan fingerprint density at radius 3 is 1.59 bits per heavy atom. The Morgan fingerprint density at radius 1 is 0.656 bits per heavy atom. The van der Waals surface area contributed by atoms with Crippen LogP contribution in [0, 0.1) is 0 Å². The molecule has 0 fully saturated rings. The minimum absolute atomic E-state index is 0.246. The molecule has 168 valence electrons. The van der Waals surface area contributed by atoms with E-state index in [-0.39, 0.29) is 12.0 Å². The first-order chi connectivity index (χ1) is 15.7. The molecule has 0 radical (unpaired) electrons. The van der Waals surface area contributed by atoms with Crippen LogP contribution in [0.3, 0.4) is 0 Å². The van der Waals surface area contributed by atoms with Crippen molar-refractivity contribution in [3.8, 4) is 11.5 Å². The fourth-order valence-electron chi connectivity index (χ4n) is 4.34. The van der Waals surface area contributed by atoms with Crippen molar-refractivity contribution in [1.29, 1.82) is 0 Å². The minimum atomic E-state index is -0.279. The smallest absolute Gasteiger partial charge is 0.118 e. The van der Waals surface area contributed by atoms with Crippen molar-refractivity contribution in [1.82, 2.24) is 0 Å². The van der Waals surface area contributed by atoms with E-state index in [1.807, 2.05) is 24.3 Å². The van der Waals surface area contributed by atoms with Crippen molar-refractivity contribution in [3.63, 3.8) is 0 Å². The lowest BCUT2D eigenvalue weighted by atomic mass is 9.66. The van der Waals surface area contributed by atoms with E-state index in [1.54, 1.807) is 14.2 Å². The number of rotatable bonds is 12. The normalized spacial score (nSPS) is 11.6. The lowest BCUT2D eigenvalue weighted by Crippen LogP contribution is -2.29. The topological polar surface area (TPSA) is 38.7 Å². The van der Waals surface area contributed by atoms with Crippen LogP contribution in [0.5, 0.6) is 11.5 Å². The molecule has 0 spiro atoms. The van der Waals surface area contributed by atoms with Gasteiger partial charge in [-0.05, 0) is 73.1 Å². The number of aliphatic hydroxyl groups excluding tert-OH is 1. The molecule has 1 N–H and O–H groups in total. The largest absolute Gasteiger partial charge is 0.497 e. The number of allylic oxidation sites excluding steroid dienone is 2. The van der Waals surface area contributed by atoms with Crippen LogP contribution in [0.2, 0.25) is 0 Å². The average Bonchev–Trinajstić information content (AvgIpc) is 2.87. The minimum Gasteiger partial charge on any atom is -0.497 e. The summed E-state index contributed by atoms with van der Waals surface area (Å²) in [5.74, 6) is 1.72. The molecule has 0 heterocycles. The third-order valence-corrected chi connectivity index (χ3v) is 6.05. The summed E-state index contributed by atoms with van der Waals surface area (Å²) in [5.41, 5.74) is 3.50. The Hall–Kier alpha value is -3.04. The number of benzene rings is 3. The van der Waals surface area contributed by atoms with Crippen LogP contribution >= 0.6 is 0 Å². The van der Waals surface area contributed by atoms with Crippen LogP contribution in [-0.4, -0.2) is 25.9 Å². The van der Waals surface area contributed by atoms with Gasteiger partial charge in [0, 0.05) is 12.0 Å². The third-order valence-electron chi connectivity index (χ3n) is 6.05. The predicted octanol–water partition coefficient (Wildman–Crippen LogP) is 6.54. The molecule has 3 rings (SSSR count). The highest BCUT2D eigenvalue weighted by atomic mass is 16.5. The number of methoxy groups -OCH3 is 2. The van der Waals surface area contributed by atoms with E-state index < -0.39 is 0 Å². The lowest BCUT2D eigenvalue weighted by Gasteiger charge is -2.36. The van der Waals surface area contributed by atoms with E-state index in [0.29, 0.717) is 0 Å². The van der Waals surface area contributed by atoms with Crippen LogP contribution in [0.1, 0.15) is 48.8 Å². The van der Waals surface area contributed by atoms with E-state index in [1.165, 1.54) is 16.7 Å². The summed E-state index contributed by atoms with van der Waals surface area (Å²) in [4.78, 5) is 0. The molecule has 32 heavy (non-hydrogen) atoms. The van der Waals surface area contributed by atoms with Crippen molar-refractivity contribution in [2.24, 2.45) is 0 Å². The molecule has 0 aliphatic heterocycles. The molecule has 0 aliphatic carbocycles. The standard InChI is InChI=1S/C29H34O3/c1-31-27-18-14-25(15-19-27)29(24-12-8-7-9-13-24,22-10-5-3-4-6-11-23-30)26-16-20-28(32-2)21-17-26/h3-4,7-9,12-21,30H,5-6,10-11,22-23H2,1-2H3/b4-3+. The van der Waals surface area contributed by atoms with Gasteiger partial charge in [0.1, 0.15) is 11.5 Å². The fraction of sp³-hybridized carbons (Fsp3) is 0.310. The zero-order chi connectivity index (χ0) is 22.7. The van der Waals surface area contributed by atoms with Gasteiger partial charge < -0.3 is 14.6 Å². The Bertz CT molecular complexity index is 896. The molecule has 0 saturated carbocycles. The molecular formula is C29H34O3. The van der Waals surface area contributed by atoms with Gasteiger partial charge in [-0.3, -0.25) is 0 Å². The van der Waals surface area contributed by atoms with Gasteiger partial charge in [-0.25, -0.2) is 0 Å². The van der Waals surface area contributed by atoms with Crippen LogP contribution in [0.25, 0.3) is 0 Å². The monoisotopic (exact) mass is 430 g/mol. The molecule has 0 atom stereocenters. The molecule has 0 bridgehead atoms. The lowest BCUT2D eigenvalue weighted by molar-refractivity contribution is 0.289. The first-order valence-corrected chi connectivity index (χ1v) is 11.3. The summed E-state index contributed by atoms with van der Waals surface area (Å²) in [6.45, 7) is 0.246.